The van der Waals surface area contributed by atoms with Crippen LogP contribution >= 0.6 is 0 Å². The molecule has 0 bridgehead atoms. The second-order valence-corrected chi connectivity index (χ2v) is 8.94. The van der Waals surface area contributed by atoms with E-state index in [0.29, 0.717) is 30.5 Å². The third-order valence-corrected chi connectivity index (χ3v) is 6.53. The van der Waals surface area contributed by atoms with Crippen LogP contribution in [0.4, 0.5) is 10.2 Å². The fourth-order valence-corrected chi connectivity index (χ4v) is 4.55. The van der Waals surface area contributed by atoms with Crippen molar-refractivity contribution in [3.05, 3.63) is 47.2 Å². The van der Waals surface area contributed by atoms with Crippen molar-refractivity contribution in [3.8, 4) is 5.75 Å². The average molecular weight is 439 g/mol. The molecule has 2 aliphatic heterocycles. The summed E-state index contributed by atoms with van der Waals surface area (Å²) < 4.78 is 18.7. The fourth-order valence-electron chi connectivity index (χ4n) is 4.55. The highest BCUT2D eigenvalue weighted by atomic mass is 19.1. The van der Waals surface area contributed by atoms with Gasteiger partial charge in [0.15, 0.2) is 12.4 Å². The van der Waals surface area contributed by atoms with Gasteiger partial charge in [-0.15, -0.1) is 0 Å². The summed E-state index contributed by atoms with van der Waals surface area (Å²) in [4.78, 5) is 38.8. The lowest BCUT2D eigenvalue weighted by atomic mass is 10.0. The monoisotopic (exact) mass is 438 g/mol. The average Bonchev–Trinajstić information content (AvgIpc) is 3.56. The number of aryl methyl sites for hydroxylation is 1. The fraction of sp³-hybridized carbons (Fsp3) is 0.500. The molecule has 32 heavy (non-hydrogen) atoms. The number of likely N-dealkylation sites (tertiary alicyclic amines) is 1. The summed E-state index contributed by atoms with van der Waals surface area (Å²) in [5.74, 6) is 1.94. The highest BCUT2D eigenvalue weighted by molar-refractivity contribution is 6.00. The largest absolute Gasteiger partial charge is 0.484 e. The van der Waals surface area contributed by atoms with Crippen molar-refractivity contribution in [1.82, 2.24) is 14.9 Å². The molecule has 2 fully saturated rings. The smallest absolute Gasteiger partial charge is 0.261 e. The van der Waals surface area contributed by atoms with Gasteiger partial charge in [0.2, 0.25) is 5.91 Å². The van der Waals surface area contributed by atoms with Gasteiger partial charge in [0.1, 0.15) is 17.4 Å². The summed E-state index contributed by atoms with van der Waals surface area (Å²) in [7, 11) is 0. The zero-order valence-electron chi connectivity index (χ0n) is 18.2. The van der Waals surface area contributed by atoms with Crippen LogP contribution in [-0.2, 0) is 16.0 Å². The molecule has 1 aromatic heterocycles. The van der Waals surface area contributed by atoms with Gasteiger partial charge >= 0.3 is 0 Å². The first-order valence-corrected chi connectivity index (χ1v) is 11.3. The molecular formula is C24H27FN4O3. The van der Waals surface area contributed by atoms with E-state index in [1.807, 2.05) is 11.8 Å². The van der Waals surface area contributed by atoms with Crippen LogP contribution in [0, 0.1) is 18.7 Å². The second-order valence-electron chi connectivity index (χ2n) is 8.94. The van der Waals surface area contributed by atoms with Gasteiger partial charge in [0.05, 0.1) is 12.5 Å². The molecule has 1 saturated carbocycles. The minimum atomic E-state index is -0.349. The van der Waals surface area contributed by atoms with E-state index in [4.69, 9.17) is 14.7 Å². The number of carbonyl (C=O) groups excluding carboxylic acids is 2. The van der Waals surface area contributed by atoms with Gasteiger partial charge < -0.3 is 9.64 Å². The van der Waals surface area contributed by atoms with Crippen LogP contribution < -0.4 is 9.64 Å². The predicted octanol–water partition coefficient (Wildman–Crippen LogP) is 3.36. The number of nitrogens with zero attached hydrogens (tertiary/aromatic N) is 4. The van der Waals surface area contributed by atoms with E-state index < -0.39 is 0 Å². The van der Waals surface area contributed by atoms with Crippen LogP contribution in [0.3, 0.4) is 0 Å². The SMILES string of the molecule is Cc1nc([C@@H]2CCCCN2C(=O)COc2ccc(F)cc2)nc2c1CC(=O)N2CC1CC1. The Morgan fingerprint density at radius 2 is 1.94 bits per heavy atom. The van der Waals surface area contributed by atoms with E-state index in [-0.39, 0.29) is 30.3 Å². The Labute approximate surface area is 186 Å². The molecule has 168 valence electrons. The summed E-state index contributed by atoms with van der Waals surface area (Å²) >= 11 is 0. The zero-order chi connectivity index (χ0) is 22.2. The van der Waals surface area contributed by atoms with Crippen molar-refractivity contribution in [3.63, 3.8) is 0 Å². The van der Waals surface area contributed by atoms with Crippen LogP contribution in [0.25, 0.3) is 0 Å². The van der Waals surface area contributed by atoms with Crippen molar-refractivity contribution >= 4 is 17.6 Å². The second kappa shape index (κ2) is 8.48. The van der Waals surface area contributed by atoms with Crippen molar-refractivity contribution in [2.24, 2.45) is 5.92 Å². The first-order chi connectivity index (χ1) is 15.5. The number of anilines is 1. The molecule has 0 unspecified atom stereocenters. The zero-order valence-corrected chi connectivity index (χ0v) is 18.2. The van der Waals surface area contributed by atoms with Crippen LogP contribution in [0.15, 0.2) is 24.3 Å². The molecule has 0 N–H and O–H groups in total. The summed E-state index contributed by atoms with van der Waals surface area (Å²) in [5.41, 5.74) is 1.73. The first-order valence-electron chi connectivity index (χ1n) is 11.3. The molecule has 5 rings (SSSR count). The maximum absolute atomic E-state index is 13.1. The van der Waals surface area contributed by atoms with Gasteiger partial charge in [0, 0.05) is 24.3 Å². The Hall–Kier alpha value is -3.03. The number of aromatic nitrogens is 2. The lowest BCUT2D eigenvalue weighted by molar-refractivity contribution is -0.137. The molecule has 1 aliphatic carbocycles. The number of amides is 2. The van der Waals surface area contributed by atoms with E-state index >= 15 is 0 Å². The molecule has 0 radical (unpaired) electrons. The Morgan fingerprint density at radius 3 is 2.69 bits per heavy atom. The van der Waals surface area contributed by atoms with Gasteiger partial charge in [-0.1, -0.05) is 0 Å². The van der Waals surface area contributed by atoms with E-state index in [9.17, 15) is 14.0 Å². The third-order valence-electron chi connectivity index (χ3n) is 6.53. The number of halogens is 1. The molecule has 0 spiro atoms. The third kappa shape index (κ3) is 4.18. The van der Waals surface area contributed by atoms with Crippen molar-refractivity contribution in [2.75, 3.05) is 24.6 Å². The molecule has 1 aromatic carbocycles. The number of piperidine rings is 1. The minimum absolute atomic E-state index is 0.0886. The van der Waals surface area contributed by atoms with E-state index in [1.165, 1.54) is 24.3 Å². The maximum Gasteiger partial charge on any atom is 0.261 e. The molecule has 3 aliphatic rings. The van der Waals surface area contributed by atoms with Crippen molar-refractivity contribution in [1.29, 1.82) is 0 Å². The number of ether oxygens (including phenoxy) is 1. The Morgan fingerprint density at radius 1 is 1.16 bits per heavy atom. The lowest BCUT2D eigenvalue weighted by Gasteiger charge is -2.35. The van der Waals surface area contributed by atoms with Gasteiger partial charge in [-0.2, -0.15) is 0 Å². The van der Waals surface area contributed by atoms with Gasteiger partial charge in [-0.05, 0) is 69.2 Å². The Kier molecular flexibility index (Phi) is 5.53. The Bertz CT molecular complexity index is 1040. The number of fused-ring (bicyclic) bond motifs is 1. The molecule has 8 heteroatoms. The Balaban J connectivity index is 1.36. The quantitative estimate of drug-likeness (QED) is 0.691. The topological polar surface area (TPSA) is 75.6 Å². The summed E-state index contributed by atoms with van der Waals surface area (Å²) in [6, 6.07) is 5.39. The number of rotatable bonds is 6. The van der Waals surface area contributed by atoms with Gasteiger partial charge in [0.25, 0.3) is 5.91 Å². The van der Waals surface area contributed by atoms with Crippen LogP contribution in [0.1, 0.15) is 55.2 Å². The van der Waals surface area contributed by atoms with E-state index in [2.05, 4.69) is 0 Å². The molecule has 1 atom stereocenters. The van der Waals surface area contributed by atoms with Crippen molar-refractivity contribution in [2.45, 2.75) is 51.5 Å². The first kappa shape index (κ1) is 20.8. The summed E-state index contributed by atoms with van der Waals surface area (Å²) in [5, 5.41) is 0. The standard InChI is InChI=1S/C24H27FN4O3/c1-15-19-12-21(30)29(13-16-5-6-16)24(19)27-23(26-15)20-4-2-3-11-28(20)22(31)14-32-18-9-7-17(25)8-10-18/h7-10,16,20H,2-6,11-14H2,1H3/t20-/m0/s1. The number of benzene rings is 1. The normalized spacial score (nSPS) is 20.4. The molecular weight excluding hydrogens is 411 g/mol. The van der Waals surface area contributed by atoms with Crippen LogP contribution in [0.2, 0.25) is 0 Å². The maximum atomic E-state index is 13.1. The minimum Gasteiger partial charge on any atom is -0.484 e. The summed E-state index contributed by atoms with van der Waals surface area (Å²) in [6.45, 7) is 3.13. The molecule has 7 nitrogen and oxygen atoms in total. The van der Waals surface area contributed by atoms with Crippen molar-refractivity contribution < 1.29 is 18.7 Å². The van der Waals surface area contributed by atoms with E-state index in [0.717, 1.165) is 55.7 Å². The highest BCUT2D eigenvalue weighted by Crippen LogP contribution is 2.37. The molecule has 2 aromatic rings. The number of hydrogen-bond acceptors (Lipinski definition) is 5. The predicted molar refractivity (Wildman–Crippen MR) is 116 cm³/mol. The van der Waals surface area contributed by atoms with Crippen LogP contribution in [-0.4, -0.2) is 46.4 Å². The lowest BCUT2D eigenvalue weighted by Crippen LogP contribution is -2.42. The van der Waals surface area contributed by atoms with Gasteiger partial charge in [-0.3, -0.25) is 14.5 Å². The molecule has 2 amide bonds. The summed E-state index contributed by atoms with van der Waals surface area (Å²) in [6.07, 6.45) is 5.35. The van der Waals surface area contributed by atoms with E-state index in [1.54, 1.807) is 4.90 Å². The van der Waals surface area contributed by atoms with Gasteiger partial charge in [-0.25, -0.2) is 14.4 Å². The van der Waals surface area contributed by atoms with Crippen LogP contribution in [0.5, 0.6) is 5.75 Å². The molecule has 3 heterocycles. The molecule has 1 saturated heterocycles. The number of hydrogen-bond donors (Lipinski definition) is 0. The number of carbonyl (C=O) groups is 2. The highest BCUT2D eigenvalue weighted by Gasteiger charge is 2.37.